The summed E-state index contributed by atoms with van der Waals surface area (Å²) in [6.07, 6.45) is 4.18. The lowest BCUT2D eigenvalue weighted by Gasteiger charge is -2.32. The highest BCUT2D eigenvalue weighted by molar-refractivity contribution is 5.89. The van der Waals surface area contributed by atoms with E-state index < -0.39 is 0 Å². The summed E-state index contributed by atoms with van der Waals surface area (Å²) in [7, 11) is 2.11. The fraction of sp³-hybridized carbons (Fsp3) is 0.875. The average molecular weight is 309 g/mol. The molecule has 22 heavy (non-hydrogen) atoms. The summed E-state index contributed by atoms with van der Waals surface area (Å²) in [6.45, 7) is 4.09. The molecule has 3 heterocycles. The third kappa shape index (κ3) is 3.60. The normalized spacial score (nSPS) is 29.0. The minimum Gasteiger partial charge on any atom is -0.381 e. The van der Waals surface area contributed by atoms with Crippen LogP contribution >= 0.6 is 0 Å². The zero-order valence-corrected chi connectivity index (χ0v) is 13.4. The van der Waals surface area contributed by atoms with E-state index in [0.717, 1.165) is 52.0 Å². The Kier molecular flexibility index (Phi) is 4.98. The molecule has 0 saturated carbocycles. The van der Waals surface area contributed by atoms with E-state index in [0.29, 0.717) is 13.0 Å². The number of nitrogens with zero attached hydrogens (tertiary/aromatic N) is 2. The zero-order valence-electron chi connectivity index (χ0n) is 13.4. The first-order valence-electron chi connectivity index (χ1n) is 8.49. The number of carbonyl (C=O) groups is 2. The Labute approximate surface area is 132 Å². The fourth-order valence-corrected chi connectivity index (χ4v) is 3.73. The van der Waals surface area contributed by atoms with Crippen LogP contribution in [-0.2, 0) is 14.3 Å². The van der Waals surface area contributed by atoms with Crippen molar-refractivity contribution in [3.05, 3.63) is 0 Å². The van der Waals surface area contributed by atoms with Crippen LogP contribution in [-0.4, -0.2) is 73.6 Å². The highest BCUT2D eigenvalue weighted by Crippen LogP contribution is 2.25. The van der Waals surface area contributed by atoms with Crippen LogP contribution in [0.5, 0.6) is 0 Å². The van der Waals surface area contributed by atoms with Gasteiger partial charge in [0.25, 0.3) is 0 Å². The van der Waals surface area contributed by atoms with Gasteiger partial charge in [0.2, 0.25) is 11.8 Å². The van der Waals surface area contributed by atoms with Crippen molar-refractivity contribution >= 4 is 11.8 Å². The van der Waals surface area contributed by atoms with Gasteiger partial charge >= 0.3 is 0 Å². The lowest BCUT2D eigenvalue weighted by molar-refractivity contribution is -0.131. The molecule has 3 aliphatic rings. The van der Waals surface area contributed by atoms with Gasteiger partial charge < -0.3 is 19.9 Å². The maximum atomic E-state index is 12.4. The van der Waals surface area contributed by atoms with Crippen LogP contribution in [0.3, 0.4) is 0 Å². The minimum absolute atomic E-state index is 0.0671. The van der Waals surface area contributed by atoms with Crippen molar-refractivity contribution in [2.45, 2.75) is 44.2 Å². The lowest BCUT2D eigenvalue weighted by Crippen LogP contribution is -2.46. The van der Waals surface area contributed by atoms with E-state index in [2.05, 4.69) is 17.3 Å². The number of piperidine rings is 1. The Morgan fingerprint density at radius 1 is 1.18 bits per heavy atom. The molecule has 3 rings (SSSR count). The molecule has 1 unspecified atom stereocenters. The summed E-state index contributed by atoms with van der Waals surface area (Å²) in [4.78, 5) is 28.9. The number of ether oxygens (including phenoxy) is 1. The maximum absolute atomic E-state index is 12.4. The topological polar surface area (TPSA) is 61.9 Å². The van der Waals surface area contributed by atoms with Crippen LogP contribution in [0.1, 0.15) is 32.1 Å². The molecule has 3 saturated heterocycles. The summed E-state index contributed by atoms with van der Waals surface area (Å²) in [5.74, 6) is 0.0305. The first-order valence-corrected chi connectivity index (χ1v) is 8.49. The van der Waals surface area contributed by atoms with Crippen LogP contribution in [0, 0.1) is 5.92 Å². The molecule has 0 aromatic carbocycles. The van der Waals surface area contributed by atoms with Crippen molar-refractivity contribution in [1.82, 2.24) is 15.1 Å². The zero-order chi connectivity index (χ0) is 15.5. The molecular formula is C16H27N3O3. The predicted octanol–water partition coefficient (Wildman–Crippen LogP) is 0.224. The molecule has 0 aromatic rings. The Bertz CT molecular complexity index is 415. The Morgan fingerprint density at radius 3 is 2.55 bits per heavy atom. The summed E-state index contributed by atoms with van der Waals surface area (Å²) >= 11 is 0. The van der Waals surface area contributed by atoms with Crippen LogP contribution in [0.4, 0.5) is 0 Å². The monoisotopic (exact) mass is 309 g/mol. The molecule has 3 aliphatic heterocycles. The number of amides is 2. The maximum Gasteiger partial charge on any atom is 0.225 e. The molecule has 6 heteroatoms. The molecule has 6 nitrogen and oxygen atoms in total. The highest BCUT2D eigenvalue weighted by atomic mass is 16.5. The molecule has 124 valence electrons. The Hall–Kier alpha value is -1.14. The molecule has 0 radical (unpaired) electrons. The van der Waals surface area contributed by atoms with Crippen LogP contribution in [0.15, 0.2) is 0 Å². The molecule has 0 aliphatic carbocycles. The Morgan fingerprint density at radius 2 is 1.86 bits per heavy atom. The number of hydrogen-bond donors (Lipinski definition) is 1. The van der Waals surface area contributed by atoms with E-state index in [9.17, 15) is 9.59 Å². The standard InChI is InChI=1S/C16H27N3O3/c1-18-6-2-13(3-7-18)17-16(21)12-10-15(20)19(11-12)14-4-8-22-9-5-14/h12-14H,2-11H2,1H3,(H,17,21). The van der Waals surface area contributed by atoms with Crippen molar-refractivity contribution < 1.29 is 14.3 Å². The second-order valence-corrected chi connectivity index (χ2v) is 6.88. The van der Waals surface area contributed by atoms with Gasteiger partial charge in [-0.2, -0.15) is 0 Å². The van der Waals surface area contributed by atoms with E-state index in [-0.39, 0.29) is 29.8 Å². The third-order valence-corrected chi connectivity index (χ3v) is 5.23. The number of rotatable bonds is 3. The van der Waals surface area contributed by atoms with Gasteiger partial charge in [-0.3, -0.25) is 9.59 Å². The first-order chi connectivity index (χ1) is 10.6. The molecule has 0 spiro atoms. The summed E-state index contributed by atoms with van der Waals surface area (Å²) < 4.78 is 5.36. The van der Waals surface area contributed by atoms with E-state index in [1.165, 1.54) is 0 Å². The lowest BCUT2D eigenvalue weighted by atomic mass is 10.0. The van der Waals surface area contributed by atoms with Crippen molar-refractivity contribution in [1.29, 1.82) is 0 Å². The van der Waals surface area contributed by atoms with E-state index in [1.807, 2.05) is 4.90 Å². The highest BCUT2D eigenvalue weighted by Gasteiger charge is 2.38. The Balaban J connectivity index is 1.50. The molecule has 3 fully saturated rings. The second kappa shape index (κ2) is 6.96. The van der Waals surface area contributed by atoms with Gasteiger partial charge in [0.1, 0.15) is 0 Å². The molecule has 0 bridgehead atoms. The van der Waals surface area contributed by atoms with Crippen molar-refractivity contribution in [2.75, 3.05) is 39.9 Å². The fourth-order valence-electron chi connectivity index (χ4n) is 3.73. The van der Waals surface area contributed by atoms with Gasteiger partial charge in [-0.05, 0) is 45.8 Å². The van der Waals surface area contributed by atoms with Crippen LogP contribution in [0.2, 0.25) is 0 Å². The molecule has 0 aromatic heterocycles. The quantitative estimate of drug-likeness (QED) is 0.810. The number of likely N-dealkylation sites (tertiary alicyclic amines) is 2. The molecular weight excluding hydrogens is 282 g/mol. The minimum atomic E-state index is -0.171. The van der Waals surface area contributed by atoms with Gasteiger partial charge in [0.15, 0.2) is 0 Å². The van der Waals surface area contributed by atoms with Gasteiger partial charge in [0, 0.05) is 38.3 Å². The summed E-state index contributed by atoms with van der Waals surface area (Å²) in [5.41, 5.74) is 0. The predicted molar refractivity (Wildman–Crippen MR) is 82.3 cm³/mol. The van der Waals surface area contributed by atoms with E-state index >= 15 is 0 Å². The molecule has 2 amide bonds. The first kappa shape index (κ1) is 15.7. The number of hydrogen-bond acceptors (Lipinski definition) is 4. The van der Waals surface area contributed by atoms with Gasteiger partial charge in [-0.15, -0.1) is 0 Å². The van der Waals surface area contributed by atoms with Gasteiger partial charge in [-0.25, -0.2) is 0 Å². The largest absolute Gasteiger partial charge is 0.381 e. The van der Waals surface area contributed by atoms with Crippen molar-refractivity contribution in [3.8, 4) is 0 Å². The third-order valence-electron chi connectivity index (χ3n) is 5.23. The SMILES string of the molecule is CN1CCC(NC(=O)C2CC(=O)N(C3CCOCC3)C2)CC1. The van der Waals surface area contributed by atoms with Crippen LogP contribution in [0.25, 0.3) is 0 Å². The van der Waals surface area contributed by atoms with Crippen molar-refractivity contribution in [3.63, 3.8) is 0 Å². The number of nitrogens with one attached hydrogen (secondary N) is 1. The summed E-state index contributed by atoms with van der Waals surface area (Å²) in [6, 6.07) is 0.540. The number of carbonyl (C=O) groups excluding carboxylic acids is 2. The van der Waals surface area contributed by atoms with Gasteiger partial charge in [-0.1, -0.05) is 0 Å². The van der Waals surface area contributed by atoms with E-state index in [4.69, 9.17) is 4.74 Å². The average Bonchev–Trinajstić information content (AvgIpc) is 2.92. The molecule has 1 N–H and O–H groups in total. The van der Waals surface area contributed by atoms with E-state index in [1.54, 1.807) is 0 Å². The smallest absolute Gasteiger partial charge is 0.225 e. The van der Waals surface area contributed by atoms with Gasteiger partial charge in [0.05, 0.1) is 5.92 Å². The summed E-state index contributed by atoms with van der Waals surface area (Å²) in [5, 5.41) is 3.16. The second-order valence-electron chi connectivity index (χ2n) is 6.88. The van der Waals surface area contributed by atoms with Crippen molar-refractivity contribution in [2.24, 2.45) is 5.92 Å². The van der Waals surface area contributed by atoms with Crippen LogP contribution < -0.4 is 5.32 Å². The molecule has 1 atom stereocenters.